The highest BCUT2D eigenvalue weighted by Crippen LogP contribution is 2.29. The minimum absolute atomic E-state index is 0.0643. The van der Waals surface area contributed by atoms with E-state index in [1.54, 1.807) is 18.2 Å². The van der Waals surface area contributed by atoms with E-state index in [0.717, 1.165) is 11.3 Å². The van der Waals surface area contributed by atoms with Crippen LogP contribution < -0.4 is 0 Å². The number of benzene rings is 1. The predicted molar refractivity (Wildman–Crippen MR) is 51.2 cm³/mol. The van der Waals surface area contributed by atoms with Crippen LogP contribution in [0.2, 0.25) is 0 Å². The van der Waals surface area contributed by atoms with Crippen molar-refractivity contribution in [2.24, 2.45) is 0 Å². The molecule has 0 spiro atoms. The van der Waals surface area contributed by atoms with Crippen LogP contribution in [0.25, 0.3) is 10.1 Å². The van der Waals surface area contributed by atoms with Gasteiger partial charge in [-0.05, 0) is 12.1 Å². The first kappa shape index (κ1) is 8.68. The molecule has 1 aromatic carbocycles. The van der Waals surface area contributed by atoms with Crippen molar-refractivity contribution >= 4 is 21.4 Å². The zero-order chi connectivity index (χ0) is 10.1. The summed E-state index contributed by atoms with van der Waals surface area (Å²) in [5.41, 5.74) is 0.540. The summed E-state index contributed by atoms with van der Waals surface area (Å²) in [6.07, 6.45) is 0. The fourth-order valence-corrected chi connectivity index (χ4v) is 2.16. The maximum absolute atomic E-state index is 13.2. The smallest absolute Gasteiger partial charge is 0.194 e. The molecule has 2 nitrogen and oxygen atoms in total. The van der Waals surface area contributed by atoms with Crippen molar-refractivity contribution in [3.63, 3.8) is 0 Å². The first-order valence-corrected chi connectivity index (χ1v) is 4.60. The molecule has 0 saturated heterocycles. The first-order chi connectivity index (χ1) is 6.76. The standard InChI is InChI=1S/C10H3FN2S/c11-10-8(5-13)7-2-1-6(4-12)3-9(7)14-10/h1-3H. The van der Waals surface area contributed by atoms with Crippen LogP contribution in [-0.2, 0) is 0 Å². The Labute approximate surface area is 83.4 Å². The van der Waals surface area contributed by atoms with Crippen molar-refractivity contribution in [3.8, 4) is 12.1 Å². The Morgan fingerprint density at radius 2 is 2.00 bits per heavy atom. The largest absolute Gasteiger partial charge is 0.195 e. The van der Waals surface area contributed by atoms with Crippen LogP contribution in [0.4, 0.5) is 4.39 Å². The maximum atomic E-state index is 13.2. The van der Waals surface area contributed by atoms with Gasteiger partial charge in [0.25, 0.3) is 0 Å². The lowest BCUT2D eigenvalue weighted by molar-refractivity contribution is 0.655. The van der Waals surface area contributed by atoms with Gasteiger partial charge in [-0.15, -0.1) is 11.3 Å². The van der Waals surface area contributed by atoms with Gasteiger partial charge in [0.2, 0.25) is 0 Å². The number of nitriles is 2. The van der Waals surface area contributed by atoms with Crippen LogP contribution >= 0.6 is 11.3 Å². The van der Waals surface area contributed by atoms with Crippen LogP contribution in [0, 0.1) is 27.8 Å². The van der Waals surface area contributed by atoms with Gasteiger partial charge in [0.15, 0.2) is 5.13 Å². The molecular formula is C10H3FN2S. The molecule has 1 aromatic heterocycles. The van der Waals surface area contributed by atoms with Crippen molar-refractivity contribution in [2.45, 2.75) is 0 Å². The summed E-state index contributed by atoms with van der Waals surface area (Å²) in [6, 6.07) is 8.54. The number of nitrogens with zero attached hydrogens (tertiary/aromatic N) is 2. The average molecular weight is 202 g/mol. The van der Waals surface area contributed by atoms with Gasteiger partial charge in [-0.2, -0.15) is 14.9 Å². The van der Waals surface area contributed by atoms with Gasteiger partial charge < -0.3 is 0 Å². The average Bonchev–Trinajstić information content (AvgIpc) is 2.51. The minimum Gasteiger partial charge on any atom is -0.194 e. The van der Waals surface area contributed by atoms with Crippen LogP contribution in [-0.4, -0.2) is 0 Å². The Hall–Kier alpha value is -1.91. The molecule has 2 rings (SSSR count). The van der Waals surface area contributed by atoms with Gasteiger partial charge in [0, 0.05) is 10.1 Å². The van der Waals surface area contributed by atoms with Crippen molar-refractivity contribution < 1.29 is 4.39 Å². The number of hydrogen-bond donors (Lipinski definition) is 0. The lowest BCUT2D eigenvalue weighted by atomic mass is 10.1. The Morgan fingerprint density at radius 1 is 1.21 bits per heavy atom. The van der Waals surface area contributed by atoms with Crippen LogP contribution in [0.5, 0.6) is 0 Å². The van der Waals surface area contributed by atoms with E-state index < -0.39 is 5.13 Å². The van der Waals surface area contributed by atoms with Crippen molar-refractivity contribution in [1.29, 1.82) is 10.5 Å². The second kappa shape index (κ2) is 3.10. The van der Waals surface area contributed by atoms with Gasteiger partial charge in [-0.3, -0.25) is 0 Å². The summed E-state index contributed by atoms with van der Waals surface area (Å²) >= 11 is 0.893. The molecule has 0 atom stereocenters. The molecule has 14 heavy (non-hydrogen) atoms. The molecule has 0 saturated carbocycles. The third-order valence-corrected chi connectivity index (χ3v) is 2.83. The molecule has 0 radical (unpaired) electrons. The molecule has 4 heteroatoms. The van der Waals surface area contributed by atoms with E-state index in [0.29, 0.717) is 15.6 Å². The van der Waals surface area contributed by atoms with E-state index >= 15 is 0 Å². The molecule has 0 fully saturated rings. The van der Waals surface area contributed by atoms with E-state index in [4.69, 9.17) is 10.5 Å². The molecule has 0 aliphatic heterocycles. The van der Waals surface area contributed by atoms with Crippen LogP contribution in [0.1, 0.15) is 11.1 Å². The van der Waals surface area contributed by atoms with Crippen molar-refractivity contribution in [3.05, 3.63) is 34.5 Å². The number of rotatable bonds is 0. The Balaban J connectivity index is 2.84. The summed E-state index contributed by atoms with van der Waals surface area (Å²) in [7, 11) is 0. The molecule has 1 heterocycles. The third kappa shape index (κ3) is 1.14. The fourth-order valence-electron chi connectivity index (χ4n) is 1.24. The number of halogens is 1. The molecule has 0 bridgehead atoms. The highest BCUT2D eigenvalue weighted by Gasteiger charge is 2.11. The summed E-state index contributed by atoms with van der Waals surface area (Å²) in [4.78, 5) is 0. The number of thiophene rings is 1. The Kier molecular flexibility index (Phi) is 1.92. The number of fused-ring (bicyclic) bond motifs is 1. The first-order valence-electron chi connectivity index (χ1n) is 3.78. The fraction of sp³-hybridized carbons (Fsp3) is 0. The van der Waals surface area contributed by atoms with Gasteiger partial charge in [0.05, 0.1) is 11.6 Å². The molecule has 0 aliphatic carbocycles. The minimum atomic E-state index is -0.488. The predicted octanol–water partition coefficient (Wildman–Crippen LogP) is 2.78. The maximum Gasteiger partial charge on any atom is 0.195 e. The lowest BCUT2D eigenvalue weighted by Crippen LogP contribution is -1.75. The molecule has 0 unspecified atom stereocenters. The molecular weight excluding hydrogens is 199 g/mol. The summed E-state index contributed by atoms with van der Waals surface area (Å²) in [5.74, 6) is 0. The SMILES string of the molecule is N#Cc1ccc2c(C#N)c(F)sc2c1. The lowest BCUT2D eigenvalue weighted by Gasteiger charge is -1.89. The second-order valence-corrected chi connectivity index (χ2v) is 3.69. The van der Waals surface area contributed by atoms with E-state index in [-0.39, 0.29) is 5.56 Å². The molecule has 2 aromatic rings. The topological polar surface area (TPSA) is 47.6 Å². The molecule has 66 valence electrons. The quantitative estimate of drug-likeness (QED) is 0.659. The monoisotopic (exact) mass is 202 g/mol. The summed E-state index contributed by atoms with van der Waals surface area (Å²) in [5, 5.41) is 17.4. The van der Waals surface area contributed by atoms with Crippen LogP contribution in [0.15, 0.2) is 18.2 Å². The Morgan fingerprint density at radius 3 is 2.64 bits per heavy atom. The van der Waals surface area contributed by atoms with E-state index in [2.05, 4.69) is 0 Å². The zero-order valence-electron chi connectivity index (χ0n) is 6.91. The molecule has 0 amide bonds. The van der Waals surface area contributed by atoms with Gasteiger partial charge in [0.1, 0.15) is 11.6 Å². The van der Waals surface area contributed by atoms with Gasteiger partial charge >= 0.3 is 0 Å². The highest BCUT2D eigenvalue weighted by atomic mass is 32.1. The Bertz CT molecular complexity index is 586. The molecule has 0 aliphatic rings. The number of hydrogen-bond acceptors (Lipinski definition) is 3. The highest BCUT2D eigenvalue weighted by molar-refractivity contribution is 7.17. The van der Waals surface area contributed by atoms with E-state index in [9.17, 15) is 4.39 Å². The van der Waals surface area contributed by atoms with Gasteiger partial charge in [-0.1, -0.05) is 6.07 Å². The van der Waals surface area contributed by atoms with E-state index in [1.165, 1.54) is 0 Å². The third-order valence-electron chi connectivity index (χ3n) is 1.89. The van der Waals surface area contributed by atoms with Crippen molar-refractivity contribution in [1.82, 2.24) is 0 Å². The summed E-state index contributed by atoms with van der Waals surface area (Å²) < 4.78 is 13.8. The van der Waals surface area contributed by atoms with Crippen LogP contribution in [0.3, 0.4) is 0 Å². The second-order valence-electron chi connectivity index (χ2n) is 2.69. The summed E-state index contributed by atoms with van der Waals surface area (Å²) in [6.45, 7) is 0. The van der Waals surface area contributed by atoms with E-state index in [1.807, 2.05) is 12.1 Å². The van der Waals surface area contributed by atoms with Crippen molar-refractivity contribution in [2.75, 3.05) is 0 Å². The van der Waals surface area contributed by atoms with Gasteiger partial charge in [-0.25, -0.2) is 0 Å². The normalized spacial score (nSPS) is 9.64. The zero-order valence-corrected chi connectivity index (χ0v) is 7.73. The molecule has 0 N–H and O–H groups in total.